The lowest BCUT2D eigenvalue weighted by atomic mass is 9.94. The number of anilines is 3. The molecule has 0 unspecified atom stereocenters. The van der Waals surface area contributed by atoms with Crippen molar-refractivity contribution in [1.82, 2.24) is 0 Å². The van der Waals surface area contributed by atoms with Crippen LogP contribution in [0.5, 0.6) is 0 Å². The molecule has 0 amide bonds. The van der Waals surface area contributed by atoms with Crippen LogP contribution in [0.4, 0.5) is 17.1 Å². The van der Waals surface area contributed by atoms with Gasteiger partial charge in [0.25, 0.3) is 0 Å². The number of nitrogens with zero attached hydrogens (tertiary/aromatic N) is 1. The van der Waals surface area contributed by atoms with Crippen LogP contribution in [-0.2, 0) is 0 Å². The molecule has 0 N–H and O–H groups in total. The SMILES string of the molecule is c1ccc(-c2ccccc2N(c2ccc(-c3ccc4c(c3)oc3ccccc34)cc2)c2ccc(-c3ccc4ccc5ccc6ccccc6c5c4c3)cc2)cc1. The highest BCUT2D eigenvalue weighted by Crippen LogP contribution is 2.43. The Hall–Kier alpha value is -7.42. The van der Waals surface area contributed by atoms with Gasteiger partial charge in [0.2, 0.25) is 0 Å². The Kier molecular flexibility index (Phi) is 7.53. The third kappa shape index (κ3) is 5.42. The predicted octanol–water partition coefficient (Wildman–Crippen LogP) is 15.5. The number of para-hydroxylation sites is 2. The Labute approximate surface area is 325 Å². The topological polar surface area (TPSA) is 16.4 Å². The van der Waals surface area contributed by atoms with Gasteiger partial charge in [-0.15, -0.1) is 0 Å². The van der Waals surface area contributed by atoms with E-state index in [2.05, 4.69) is 205 Å². The molecule has 11 rings (SSSR count). The molecule has 0 spiro atoms. The average molecular weight is 714 g/mol. The largest absolute Gasteiger partial charge is 0.456 e. The van der Waals surface area contributed by atoms with Crippen LogP contribution in [-0.4, -0.2) is 0 Å². The number of fused-ring (bicyclic) bond motifs is 8. The van der Waals surface area contributed by atoms with E-state index in [1.54, 1.807) is 0 Å². The van der Waals surface area contributed by atoms with E-state index in [0.29, 0.717) is 0 Å². The van der Waals surface area contributed by atoms with Crippen LogP contribution in [0, 0.1) is 0 Å². The Bertz CT molecular complexity index is 3230. The maximum atomic E-state index is 6.24. The van der Waals surface area contributed by atoms with Crippen LogP contribution in [0.2, 0.25) is 0 Å². The molecule has 0 saturated heterocycles. The molecule has 0 saturated carbocycles. The first-order chi connectivity index (χ1) is 27.7. The summed E-state index contributed by atoms with van der Waals surface area (Å²) in [5.41, 5.74) is 12.1. The molecule has 1 aromatic heterocycles. The molecule has 0 atom stereocenters. The van der Waals surface area contributed by atoms with Crippen LogP contribution in [0.25, 0.3) is 87.6 Å². The van der Waals surface area contributed by atoms with Gasteiger partial charge in [-0.25, -0.2) is 0 Å². The van der Waals surface area contributed by atoms with Gasteiger partial charge < -0.3 is 9.32 Å². The van der Waals surface area contributed by atoms with Crippen molar-refractivity contribution in [2.45, 2.75) is 0 Å². The van der Waals surface area contributed by atoms with E-state index in [4.69, 9.17) is 4.42 Å². The summed E-state index contributed by atoms with van der Waals surface area (Å²) in [7, 11) is 0. The Morgan fingerprint density at radius 3 is 1.61 bits per heavy atom. The second-order valence-electron chi connectivity index (χ2n) is 14.5. The quantitative estimate of drug-likeness (QED) is 0.160. The van der Waals surface area contributed by atoms with Crippen molar-refractivity contribution in [2.75, 3.05) is 4.90 Å². The van der Waals surface area contributed by atoms with Crippen molar-refractivity contribution in [3.63, 3.8) is 0 Å². The summed E-state index contributed by atoms with van der Waals surface area (Å²) >= 11 is 0. The minimum absolute atomic E-state index is 0.902. The van der Waals surface area contributed by atoms with E-state index in [9.17, 15) is 0 Å². The van der Waals surface area contributed by atoms with E-state index in [1.165, 1.54) is 54.6 Å². The van der Waals surface area contributed by atoms with Gasteiger partial charge >= 0.3 is 0 Å². The second kappa shape index (κ2) is 13.2. The summed E-state index contributed by atoms with van der Waals surface area (Å²) in [5.74, 6) is 0. The first kappa shape index (κ1) is 32.0. The third-order valence-corrected chi connectivity index (χ3v) is 11.3. The molecule has 56 heavy (non-hydrogen) atoms. The Balaban J connectivity index is 1.01. The molecule has 11 aromatic rings. The van der Waals surface area contributed by atoms with Crippen LogP contribution in [0.1, 0.15) is 0 Å². The van der Waals surface area contributed by atoms with E-state index >= 15 is 0 Å². The lowest BCUT2D eigenvalue weighted by molar-refractivity contribution is 0.669. The van der Waals surface area contributed by atoms with E-state index < -0.39 is 0 Å². The molecular weight excluding hydrogens is 679 g/mol. The van der Waals surface area contributed by atoms with Crippen molar-refractivity contribution < 1.29 is 4.42 Å². The highest BCUT2D eigenvalue weighted by Gasteiger charge is 2.18. The second-order valence-corrected chi connectivity index (χ2v) is 14.5. The molecular formula is C54H35NO. The summed E-state index contributed by atoms with van der Waals surface area (Å²) in [6.45, 7) is 0. The van der Waals surface area contributed by atoms with E-state index in [1.807, 2.05) is 12.1 Å². The molecule has 0 aliphatic heterocycles. The normalized spacial score (nSPS) is 11.6. The van der Waals surface area contributed by atoms with E-state index in [0.717, 1.165) is 50.1 Å². The third-order valence-electron chi connectivity index (χ3n) is 11.3. The van der Waals surface area contributed by atoms with Crippen LogP contribution in [0.3, 0.4) is 0 Å². The van der Waals surface area contributed by atoms with Gasteiger partial charge in [0.15, 0.2) is 0 Å². The molecule has 0 aliphatic carbocycles. The number of hydrogen-bond donors (Lipinski definition) is 0. The Morgan fingerprint density at radius 2 is 0.839 bits per heavy atom. The number of hydrogen-bond acceptors (Lipinski definition) is 2. The molecule has 1 heterocycles. The van der Waals surface area contributed by atoms with Crippen molar-refractivity contribution >= 4 is 71.3 Å². The number of benzene rings is 10. The molecule has 0 radical (unpaired) electrons. The van der Waals surface area contributed by atoms with Gasteiger partial charge in [-0.3, -0.25) is 0 Å². The summed E-state index contributed by atoms with van der Waals surface area (Å²) < 4.78 is 6.24. The van der Waals surface area contributed by atoms with Gasteiger partial charge in [0.1, 0.15) is 11.2 Å². The van der Waals surface area contributed by atoms with E-state index in [-0.39, 0.29) is 0 Å². The zero-order chi connectivity index (χ0) is 37.0. The summed E-state index contributed by atoms with van der Waals surface area (Å²) in [5, 5.41) is 9.93. The maximum Gasteiger partial charge on any atom is 0.136 e. The van der Waals surface area contributed by atoms with Crippen molar-refractivity contribution in [2.24, 2.45) is 0 Å². The number of rotatable bonds is 6. The van der Waals surface area contributed by atoms with Crippen LogP contribution >= 0.6 is 0 Å². The standard InChI is InChI=1S/C54H35NO/c1-2-10-38(11-3-1)46-13-6-8-16-51(46)55(45-31-26-37(27-32-45)43-28-33-49-48-15-7-9-17-52(48)56-53(49)35-43)44-29-24-36(25-30-44)42-23-20-40-19-22-41-21-18-39-12-4-5-14-47(39)54(41)50(40)34-42/h1-35H. The highest BCUT2D eigenvalue weighted by molar-refractivity contribution is 6.20. The van der Waals surface area contributed by atoms with Gasteiger partial charge in [-0.2, -0.15) is 0 Å². The Morgan fingerprint density at radius 1 is 0.304 bits per heavy atom. The molecule has 0 fully saturated rings. The molecule has 2 nitrogen and oxygen atoms in total. The first-order valence-corrected chi connectivity index (χ1v) is 19.2. The summed E-state index contributed by atoms with van der Waals surface area (Å²) in [4.78, 5) is 2.37. The average Bonchev–Trinajstić information content (AvgIpc) is 3.65. The van der Waals surface area contributed by atoms with Crippen molar-refractivity contribution in [3.8, 4) is 33.4 Å². The zero-order valence-electron chi connectivity index (χ0n) is 30.6. The first-order valence-electron chi connectivity index (χ1n) is 19.2. The van der Waals surface area contributed by atoms with Gasteiger partial charge in [0.05, 0.1) is 5.69 Å². The van der Waals surface area contributed by atoms with Gasteiger partial charge in [-0.05, 0) is 115 Å². The molecule has 0 bridgehead atoms. The molecule has 2 heteroatoms. The number of furan rings is 1. The van der Waals surface area contributed by atoms with Crippen molar-refractivity contribution in [3.05, 3.63) is 212 Å². The van der Waals surface area contributed by atoms with Gasteiger partial charge in [0, 0.05) is 27.7 Å². The smallest absolute Gasteiger partial charge is 0.136 e. The minimum atomic E-state index is 0.902. The zero-order valence-corrected chi connectivity index (χ0v) is 30.6. The fourth-order valence-corrected chi connectivity index (χ4v) is 8.47. The lowest BCUT2D eigenvalue weighted by Crippen LogP contribution is -2.11. The summed E-state index contributed by atoms with van der Waals surface area (Å²) in [6.07, 6.45) is 0. The molecule has 10 aromatic carbocycles. The van der Waals surface area contributed by atoms with Crippen LogP contribution < -0.4 is 4.90 Å². The maximum absolute atomic E-state index is 6.24. The monoisotopic (exact) mass is 713 g/mol. The molecule has 0 aliphatic rings. The molecule has 262 valence electrons. The van der Waals surface area contributed by atoms with Crippen LogP contribution in [0.15, 0.2) is 217 Å². The summed E-state index contributed by atoms with van der Waals surface area (Å²) in [6, 6.07) is 76.5. The minimum Gasteiger partial charge on any atom is -0.456 e. The fourth-order valence-electron chi connectivity index (χ4n) is 8.47. The highest BCUT2D eigenvalue weighted by atomic mass is 16.3. The van der Waals surface area contributed by atoms with Crippen molar-refractivity contribution in [1.29, 1.82) is 0 Å². The lowest BCUT2D eigenvalue weighted by Gasteiger charge is -2.28. The van der Waals surface area contributed by atoms with Gasteiger partial charge in [-0.1, -0.05) is 158 Å². The fraction of sp³-hybridized carbons (Fsp3) is 0. The predicted molar refractivity (Wildman–Crippen MR) is 237 cm³/mol.